The second kappa shape index (κ2) is 4.74. The van der Waals surface area contributed by atoms with Crippen molar-refractivity contribution in [1.29, 1.82) is 0 Å². The maximum absolute atomic E-state index is 13.1. The molecule has 2 aromatic carbocycles. The number of anilines is 1. The first-order valence-electron chi connectivity index (χ1n) is 6.34. The van der Waals surface area contributed by atoms with Crippen LogP contribution in [0.4, 0.5) is 32.0 Å². The predicted octanol–water partition coefficient (Wildman–Crippen LogP) is 5.01. The Bertz CT molecular complexity index is 912. The first-order valence-corrected chi connectivity index (χ1v) is 6.34. The van der Waals surface area contributed by atoms with E-state index in [-0.39, 0.29) is 17.0 Å². The molecule has 3 rings (SSSR count). The highest BCUT2D eigenvalue weighted by Crippen LogP contribution is 2.39. The van der Waals surface area contributed by atoms with Gasteiger partial charge in [0.15, 0.2) is 0 Å². The summed E-state index contributed by atoms with van der Waals surface area (Å²) >= 11 is 0. The largest absolute Gasteiger partial charge is 0.433 e. The van der Waals surface area contributed by atoms with E-state index < -0.39 is 23.6 Å². The maximum Gasteiger partial charge on any atom is 0.433 e. The third kappa shape index (κ3) is 2.76. The molecular weight excluding hydrogens is 322 g/mol. The lowest BCUT2D eigenvalue weighted by Gasteiger charge is -2.14. The summed E-state index contributed by atoms with van der Waals surface area (Å²) in [5, 5.41) is 0.457. The van der Waals surface area contributed by atoms with Crippen LogP contribution in [0.5, 0.6) is 0 Å². The second-order valence-corrected chi connectivity index (χ2v) is 5.03. The molecule has 8 heteroatoms. The normalized spacial score (nSPS) is 13.0. The molecule has 23 heavy (non-hydrogen) atoms. The number of alkyl halides is 6. The van der Waals surface area contributed by atoms with Gasteiger partial charge in [-0.3, -0.25) is 0 Å². The average Bonchev–Trinajstić information content (AvgIpc) is 2.41. The lowest BCUT2D eigenvalue weighted by molar-refractivity contribution is -0.144. The topological polar surface area (TPSA) is 38.9 Å². The van der Waals surface area contributed by atoms with Crippen molar-refractivity contribution in [1.82, 2.24) is 4.98 Å². The van der Waals surface area contributed by atoms with Crippen LogP contribution in [0.2, 0.25) is 0 Å². The summed E-state index contributed by atoms with van der Waals surface area (Å²) in [6, 6.07) is 6.84. The number of fused-ring (bicyclic) bond motifs is 2. The van der Waals surface area contributed by atoms with Crippen LogP contribution < -0.4 is 5.73 Å². The molecule has 0 radical (unpaired) electrons. The summed E-state index contributed by atoms with van der Waals surface area (Å²) in [7, 11) is 0. The smallest absolute Gasteiger partial charge is 0.399 e. The van der Waals surface area contributed by atoms with Crippen molar-refractivity contribution in [3.05, 3.63) is 47.7 Å². The first kappa shape index (κ1) is 15.4. The molecule has 0 spiro atoms. The Kier molecular flexibility index (Phi) is 3.17. The number of pyridine rings is 1. The minimum absolute atomic E-state index is 0.0332. The number of benzene rings is 2. The maximum atomic E-state index is 13.1. The minimum atomic E-state index is -4.97. The van der Waals surface area contributed by atoms with E-state index in [2.05, 4.69) is 4.98 Å². The fourth-order valence-corrected chi connectivity index (χ4v) is 2.37. The van der Waals surface area contributed by atoms with Crippen LogP contribution in [0.15, 0.2) is 36.4 Å². The van der Waals surface area contributed by atoms with E-state index in [1.807, 2.05) is 0 Å². The fraction of sp³-hybridized carbons (Fsp3) is 0.133. The molecule has 0 saturated carbocycles. The molecular formula is C15H8F6N2. The van der Waals surface area contributed by atoms with Gasteiger partial charge in [0.1, 0.15) is 5.69 Å². The van der Waals surface area contributed by atoms with E-state index in [0.717, 1.165) is 0 Å². The van der Waals surface area contributed by atoms with Crippen molar-refractivity contribution >= 4 is 27.4 Å². The highest BCUT2D eigenvalue weighted by Gasteiger charge is 2.39. The monoisotopic (exact) mass is 330 g/mol. The molecule has 0 atom stereocenters. The molecule has 1 heterocycles. The van der Waals surface area contributed by atoms with Gasteiger partial charge < -0.3 is 5.73 Å². The summed E-state index contributed by atoms with van der Waals surface area (Å²) in [6.07, 6.45) is -9.90. The molecule has 0 saturated heterocycles. The lowest BCUT2D eigenvalue weighted by Crippen LogP contribution is -2.13. The predicted molar refractivity (Wildman–Crippen MR) is 73.7 cm³/mol. The van der Waals surface area contributed by atoms with Crippen LogP contribution >= 0.6 is 0 Å². The van der Waals surface area contributed by atoms with Gasteiger partial charge in [0.25, 0.3) is 0 Å². The van der Waals surface area contributed by atoms with Gasteiger partial charge in [-0.1, -0.05) is 6.07 Å². The van der Waals surface area contributed by atoms with E-state index in [9.17, 15) is 26.3 Å². The number of nitrogens with zero attached hydrogens (tertiary/aromatic N) is 1. The quantitative estimate of drug-likeness (QED) is 0.358. The molecule has 2 N–H and O–H groups in total. The van der Waals surface area contributed by atoms with Gasteiger partial charge >= 0.3 is 12.4 Å². The van der Waals surface area contributed by atoms with Gasteiger partial charge in [0.2, 0.25) is 0 Å². The number of nitrogen functional groups attached to an aromatic ring is 1. The highest BCUT2D eigenvalue weighted by molar-refractivity contribution is 5.99. The molecule has 0 aliphatic heterocycles. The molecule has 0 fully saturated rings. The molecule has 0 amide bonds. The van der Waals surface area contributed by atoms with Crippen LogP contribution in [0.3, 0.4) is 0 Å². The summed E-state index contributed by atoms with van der Waals surface area (Å²) in [5.74, 6) is 0. The van der Waals surface area contributed by atoms with Crippen molar-refractivity contribution in [3.63, 3.8) is 0 Å². The van der Waals surface area contributed by atoms with Crippen molar-refractivity contribution < 1.29 is 26.3 Å². The third-order valence-electron chi connectivity index (χ3n) is 3.39. The molecule has 0 bridgehead atoms. The van der Waals surface area contributed by atoms with Crippen LogP contribution in [0, 0.1) is 0 Å². The highest BCUT2D eigenvalue weighted by atomic mass is 19.4. The molecule has 2 nitrogen and oxygen atoms in total. The number of halogens is 6. The zero-order chi connectivity index (χ0) is 17.0. The summed E-state index contributed by atoms with van der Waals surface area (Å²) in [4.78, 5) is 3.33. The van der Waals surface area contributed by atoms with E-state index in [1.54, 1.807) is 0 Å². The Morgan fingerprint density at radius 3 is 2.09 bits per heavy atom. The van der Waals surface area contributed by atoms with Crippen LogP contribution in [-0.4, -0.2) is 4.98 Å². The second-order valence-electron chi connectivity index (χ2n) is 5.03. The number of aromatic nitrogens is 1. The molecule has 120 valence electrons. The standard InChI is InChI=1S/C15H8F6N2/c16-14(17,18)11-6-13(15(19,20)21)23-12-5-8-3-9(22)2-1-7(8)4-10(11)12/h1-6H,22H2. The summed E-state index contributed by atoms with van der Waals surface area (Å²) in [5.41, 5.74) is 2.60. The molecule has 0 aliphatic rings. The van der Waals surface area contributed by atoms with E-state index >= 15 is 0 Å². The van der Waals surface area contributed by atoms with Crippen molar-refractivity contribution in [2.75, 3.05) is 5.73 Å². The fourth-order valence-electron chi connectivity index (χ4n) is 2.37. The van der Waals surface area contributed by atoms with Gasteiger partial charge in [-0.25, -0.2) is 4.98 Å². The van der Waals surface area contributed by atoms with Gasteiger partial charge in [-0.15, -0.1) is 0 Å². The number of hydrogen-bond acceptors (Lipinski definition) is 2. The number of nitrogens with two attached hydrogens (primary N) is 1. The molecule has 3 aromatic rings. The van der Waals surface area contributed by atoms with E-state index in [0.29, 0.717) is 16.5 Å². The Morgan fingerprint density at radius 2 is 1.48 bits per heavy atom. The van der Waals surface area contributed by atoms with Gasteiger partial charge in [0, 0.05) is 11.1 Å². The van der Waals surface area contributed by atoms with Crippen molar-refractivity contribution in [2.24, 2.45) is 0 Å². The van der Waals surface area contributed by atoms with Gasteiger partial charge in [0.05, 0.1) is 11.1 Å². The number of hydrogen-bond donors (Lipinski definition) is 1. The zero-order valence-corrected chi connectivity index (χ0v) is 11.3. The van der Waals surface area contributed by atoms with Crippen LogP contribution in [0.1, 0.15) is 11.3 Å². The molecule has 0 aliphatic carbocycles. The third-order valence-corrected chi connectivity index (χ3v) is 3.39. The molecule has 1 aromatic heterocycles. The minimum Gasteiger partial charge on any atom is -0.399 e. The zero-order valence-electron chi connectivity index (χ0n) is 11.3. The lowest BCUT2D eigenvalue weighted by atomic mass is 10.0. The summed E-state index contributed by atoms with van der Waals surface area (Å²) in [6.45, 7) is 0. The van der Waals surface area contributed by atoms with E-state index in [1.165, 1.54) is 30.3 Å². The van der Waals surface area contributed by atoms with E-state index in [4.69, 9.17) is 5.73 Å². The Balaban J connectivity index is 2.44. The SMILES string of the molecule is Nc1ccc2cc3c(C(F)(F)F)cc(C(F)(F)F)nc3cc2c1. The van der Waals surface area contributed by atoms with Crippen molar-refractivity contribution in [3.8, 4) is 0 Å². The van der Waals surface area contributed by atoms with Gasteiger partial charge in [-0.05, 0) is 41.1 Å². The van der Waals surface area contributed by atoms with Crippen LogP contribution in [0.25, 0.3) is 21.7 Å². The van der Waals surface area contributed by atoms with Gasteiger partial charge in [-0.2, -0.15) is 26.3 Å². The molecule has 0 unspecified atom stereocenters. The Hall–Kier alpha value is -2.51. The Morgan fingerprint density at radius 1 is 0.783 bits per heavy atom. The van der Waals surface area contributed by atoms with Crippen LogP contribution in [-0.2, 0) is 12.4 Å². The number of rotatable bonds is 0. The summed E-state index contributed by atoms with van der Waals surface area (Å²) < 4.78 is 77.8. The first-order chi connectivity index (χ1) is 10.6. The van der Waals surface area contributed by atoms with Crippen molar-refractivity contribution in [2.45, 2.75) is 12.4 Å². The Labute approximate surface area is 125 Å². The average molecular weight is 330 g/mol.